The Kier molecular flexibility index (Phi) is 5.30. The summed E-state index contributed by atoms with van der Waals surface area (Å²) in [6, 6.07) is 0. The number of hydrogen-bond acceptors (Lipinski definition) is 2. The summed E-state index contributed by atoms with van der Waals surface area (Å²) < 4.78 is 5.74. The topological polar surface area (TPSA) is 21.3 Å². The van der Waals surface area contributed by atoms with E-state index in [-0.39, 0.29) is 5.54 Å². The van der Waals surface area contributed by atoms with Crippen LogP contribution in [-0.2, 0) is 4.74 Å². The van der Waals surface area contributed by atoms with Crippen LogP contribution in [0.15, 0.2) is 0 Å². The molecule has 1 aliphatic heterocycles. The second-order valence-electron chi connectivity index (χ2n) is 7.95. The van der Waals surface area contributed by atoms with Crippen LogP contribution in [0.1, 0.15) is 59.8 Å². The van der Waals surface area contributed by atoms with E-state index >= 15 is 0 Å². The zero-order valence-electron chi connectivity index (χ0n) is 13.4. The van der Waals surface area contributed by atoms with Gasteiger partial charge in [0.1, 0.15) is 0 Å². The smallest absolute Gasteiger partial charge is 0.0497 e. The fourth-order valence-corrected chi connectivity index (χ4v) is 3.86. The van der Waals surface area contributed by atoms with Gasteiger partial charge in [-0.2, -0.15) is 0 Å². The first-order valence-electron chi connectivity index (χ1n) is 8.28. The fraction of sp³-hybridized carbons (Fsp3) is 1.00. The highest BCUT2D eigenvalue weighted by Crippen LogP contribution is 2.40. The Morgan fingerprint density at radius 3 is 2.58 bits per heavy atom. The van der Waals surface area contributed by atoms with Crippen molar-refractivity contribution in [2.45, 2.75) is 65.3 Å². The molecule has 1 heterocycles. The molecule has 2 fully saturated rings. The SMILES string of the molecule is CC1CCC(CNC(C)(C)C)C(C2CCCOC2)C1. The van der Waals surface area contributed by atoms with Gasteiger partial charge in [0.2, 0.25) is 0 Å². The summed E-state index contributed by atoms with van der Waals surface area (Å²) in [5.74, 6) is 3.49. The van der Waals surface area contributed by atoms with Crippen molar-refractivity contribution in [3.05, 3.63) is 0 Å². The van der Waals surface area contributed by atoms with Crippen molar-refractivity contribution in [3.63, 3.8) is 0 Å². The number of rotatable bonds is 3. The molecule has 4 atom stereocenters. The molecule has 1 N–H and O–H groups in total. The van der Waals surface area contributed by atoms with E-state index in [0.29, 0.717) is 0 Å². The average molecular weight is 267 g/mol. The van der Waals surface area contributed by atoms with Crippen molar-refractivity contribution in [2.75, 3.05) is 19.8 Å². The number of ether oxygens (including phenoxy) is 1. The molecule has 1 aliphatic carbocycles. The van der Waals surface area contributed by atoms with E-state index in [1.165, 1.54) is 38.6 Å². The lowest BCUT2D eigenvalue weighted by atomic mass is 9.67. The van der Waals surface area contributed by atoms with Crippen molar-refractivity contribution in [3.8, 4) is 0 Å². The van der Waals surface area contributed by atoms with Gasteiger partial charge >= 0.3 is 0 Å². The number of hydrogen-bond donors (Lipinski definition) is 1. The van der Waals surface area contributed by atoms with Crippen LogP contribution in [0.4, 0.5) is 0 Å². The van der Waals surface area contributed by atoms with E-state index < -0.39 is 0 Å². The highest BCUT2D eigenvalue weighted by Gasteiger charge is 2.35. The molecule has 0 bridgehead atoms. The fourth-order valence-electron chi connectivity index (χ4n) is 3.86. The molecule has 2 rings (SSSR count). The summed E-state index contributed by atoms with van der Waals surface area (Å²) in [5, 5.41) is 3.73. The van der Waals surface area contributed by atoms with E-state index in [2.05, 4.69) is 33.0 Å². The van der Waals surface area contributed by atoms with Gasteiger partial charge in [-0.05, 0) is 76.7 Å². The summed E-state index contributed by atoms with van der Waals surface area (Å²) in [6.07, 6.45) is 6.91. The van der Waals surface area contributed by atoms with Gasteiger partial charge in [-0.1, -0.05) is 13.3 Å². The highest BCUT2D eigenvalue weighted by atomic mass is 16.5. The van der Waals surface area contributed by atoms with E-state index in [1.807, 2.05) is 0 Å². The van der Waals surface area contributed by atoms with Crippen molar-refractivity contribution < 1.29 is 4.74 Å². The molecule has 112 valence electrons. The first-order chi connectivity index (χ1) is 8.96. The monoisotopic (exact) mass is 267 g/mol. The quantitative estimate of drug-likeness (QED) is 0.838. The molecule has 0 amide bonds. The van der Waals surface area contributed by atoms with Crippen molar-refractivity contribution in [1.82, 2.24) is 5.32 Å². The Morgan fingerprint density at radius 1 is 1.16 bits per heavy atom. The molecule has 0 aromatic rings. The average Bonchev–Trinajstić information content (AvgIpc) is 2.37. The predicted octanol–water partition coefficient (Wildman–Crippen LogP) is 3.85. The van der Waals surface area contributed by atoms with Crippen LogP contribution < -0.4 is 5.32 Å². The maximum atomic E-state index is 5.74. The molecule has 1 saturated heterocycles. The summed E-state index contributed by atoms with van der Waals surface area (Å²) in [4.78, 5) is 0. The highest BCUT2D eigenvalue weighted by molar-refractivity contribution is 4.87. The van der Waals surface area contributed by atoms with Crippen molar-refractivity contribution in [1.29, 1.82) is 0 Å². The number of nitrogens with one attached hydrogen (secondary N) is 1. The van der Waals surface area contributed by atoms with Gasteiger partial charge in [0.05, 0.1) is 0 Å². The second kappa shape index (κ2) is 6.58. The zero-order chi connectivity index (χ0) is 13.9. The molecule has 0 spiro atoms. The van der Waals surface area contributed by atoms with Crippen LogP contribution in [0.25, 0.3) is 0 Å². The molecular formula is C17H33NO. The van der Waals surface area contributed by atoms with Crippen LogP contribution in [0.2, 0.25) is 0 Å². The molecule has 0 aromatic carbocycles. The predicted molar refractivity (Wildman–Crippen MR) is 81.3 cm³/mol. The maximum Gasteiger partial charge on any atom is 0.0497 e. The molecular weight excluding hydrogens is 234 g/mol. The largest absolute Gasteiger partial charge is 0.381 e. The first kappa shape index (κ1) is 15.3. The normalized spacial score (nSPS) is 37.3. The van der Waals surface area contributed by atoms with Crippen LogP contribution in [-0.4, -0.2) is 25.3 Å². The third kappa shape index (κ3) is 4.75. The standard InChI is InChI=1S/C17H33NO/c1-13-7-8-14(11-18-17(2,3)4)16(10-13)15-6-5-9-19-12-15/h13-16,18H,5-12H2,1-4H3. The third-order valence-corrected chi connectivity index (χ3v) is 5.01. The Morgan fingerprint density at radius 2 is 1.95 bits per heavy atom. The lowest BCUT2D eigenvalue weighted by molar-refractivity contribution is -0.00223. The van der Waals surface area contributed by atoms with Crippen molar-refractivity contribution in [2.24, 2.45) is 23.7 Å². The summed E-state index contributed by atoms with van der Waals surface area (Å²) in [5.41, 5.74) is 0.247. The van der Waals surface area contributed by atoms with Gasteiger partial charge in [-0.15, -0.1) is 0 Å². The summed E-state index contributed by atoms with van der Waals surface area (Å²) in [7, 11) is 0. The van der Waals surface area contributed by atoms with Crippen LogP contribution in [0, 0.1) is 23.7 Å². The van der Waals surface area contributed by atoms with E-state index in [0.717, 1.165) is 36.9 Å². The van der Waals surface area contributed by atoms with E-state index in [9.17, 15) is 0 Å². The van der Waals surface area contributed by atoms with E-state index in [4.69, 9.17) is 4.74 Å². The maximum absolute atomic E-state index is 5.74. The van der Waals surface area contributed by atoms with Gasteiger partial charge in [0.25, 0.3) is 0 Å². The Bertz CT molecular complexity index is 265. The van der Waals surface area contributed by atoms with Gasteiger partial charge in [-0.3, -0.25) is 0 Å². The minimum Gasteiger partial charge on any atom is -0.381 e. The molecule has 19 heavy (non-hydrogen) atoms. The van der Waals surface area contributed by atoms with Crippen LogP contribution in [0.5, 0.6) is 0 Å². The Balaban J connectivity index is 1.93. The van der Waals surface area contributed by atoms with Gasteiger partial charge in [0.15, 0.2) is 0 Å². The molecule has 2 nitrogen and oxygen atoms in total. The lowest BCUT2D eigenvalue weighted by Gasteiger charge is -2.42. The second-order valence-corrected chi connectivity index (χ2v) is 7.95. The van der Waals surface area contributed by atoms with Gasteiger partial charge < -0.3 is 10.1 Å². The minimum atomic E-state index is 0.247. The molecule has 2 heteroatoms. The zero-order valence-corrected chi connectivity index (χ0v) is 13.4. The van der Waals surface area contributed by atoms with Gasteiger partial charge in [0, 0.05) is 18.8 Å². The molecule has 0 aromatic heterocycles. The molecule has 2 aliphatic rings. The molecule has 4 unspecified atom stereocenters. The van der Waals surface area contributed by atoms with Crippen molar-refractivity contribution >= 4 is 0 Å². The summed E-state index contributed by atoms with van der Waals surface area (Å²) in [6.45, 7) is 12.5. The van der Waals surface area contributed by atoms with Crippen LogP contribution >= 0.6 is 0 Å². The minimum absolute atomic E-state index is 0.247. The molecule has 1 saturated carbocycles. The Labute approximate surface area is 119 Å². The molecule has 0 radical (unpaired) electrons. The van der Waals surface area contributed by atoms with Gasteiger partial charge in [-0.25, -0.2) is 0 Å². The van der Waals surface area contributed by atoms with E-state index in [1.54, 1.807) is 0 Å². The Hall–Kier alpha value is -0.0800. The lowest BCUT2D eigenvalue weighted by Crippen LogP contribution is -2.44. The third-order valence-electron chi connectivity index (χ3n) is 5.01. The summed E-state index contributed by atoms with van der Waals surface area (Å²) >= 11 is 0. The first-order valence-corrected chi connectivity index (χ1v) is 8.28. The van der Waals surface area contributed by atoms with Crippen LogP contribution in [0.3, 0.4) is 0 Å².